The highest BCUT2D eigenvalue weighted by Gasteiger charge is 2.63. The van der Waals surface area contributed by atoms with Gasteiger partial charge < -0.3 is 5.11 Å². The number of hydrogen-bond acceptors (Lipinski definition) is 3. The van der Waals surface area contributed by atoms with Crippen LogP contribution in [-0.4, -0.2) is 20.6 Å². The third-order valence-electron chi connectivity index (χ3n) is 5.85. The van der Waals surface area contributed by atoms with Gasteiger partial charge in [0.1, 0.15) is 0 Å². The lowest BCUT2D eigenvalue weighted by atomic mass is 9.48. The molecule has 0 amide bonds. The van der Waals surface area contributed by atoms with Gasteiger partial charge in [-0.2, -0.15) is 0 Å². The van der Waals surface area contributed by atoms with Gasteiger partial charge in [-0.25, -0.2) is 0 Å². The lowest BCUT2D eigenvalue weighted by Gasteiger charge is -2.63. The molecule has 22 heavy (non-hydrogen) atoms. The first-order chi connectivity index (χ1) is 10.5. The molecule has 0 spiro atoms. The second-order valence-corrected chi connectivity index (χ2v) is 8.17. The second-order valence-electron chi connectivity index (χ2n) is 7.37. The van der Waals surface area contributed by atoms with Crippen molar-refractivity contribution in [2.75, 3.05) is 0 Å². The number of nitrogens with zero attached hydrogens (tertiary/aromatic N) is 4. The Hall–Kier alpha value is -1.29. The fourth-order valence-corrected chi connectivity index (χ4v) is 6.20. The van der Waals surface area contributed by atoms with Crippen molar-refractivity contribution in [2.24, 2.45) is 22.9 Å². The molecule has 5 rings (SSSR count). The van der Waals surface area contributed by atoms with Gasteiger partial charge in [-0.05, 0) is 61.1 Å². The van der Waals surface area contributed by atoms with Crippen molar-refractivity contribution in [3.8, 4) is 0 Å². The van der Waals surface area contributed by atoms with Gasteiger partial charge in [-0.3, -0.25) is 4.98 Å². The summed E-state index contributed by atoms with van der Waals surface area (Å²) in [6, 6.07) is 3.41. The first-order valence-electron chi connectivity index (χ1n) is 7.88. The Morgan fingerprint density at radius 2 is 2.32 bits per heavy atom. The first kappa shape index (κ1) is 14.3. The number of aliphatic hydroxyl groups is 1. The van der Waals surface area contributed by atoms with Crippen molar-refractivity contribution in [2.45, 2.75) is 48.6 Å². The van der Waals surface area contributed by atoms with Crippen LogP contribution in [0.4, 0.5) is 0 Å². The van der Waals surface area contributed by atoms with Gasteiger partial charge in [0.25, 0.3) is 0 Å². The number of azide groups is 1. The topological polar surface area (TPSA) is 81.9 Å². The molecule has 116 valence electrons. The second kappa shape index (κ2) is 4.85. The average molecular weight is 319 g/mol. The van der Waals surface area contributed by atoms with E-state index in [1.165, 1.54) is 0 Å². The van der Waals surface area contributed by atoms with E-state index in [9.17, 15) is 5.11 Å². The number of rotatable bonds is 3. The van der Waals surface area contributed by atoms with Crippen molar-refractivity contribution < 1.29 is 5.11 Å². The summed E-state index contributed by atoms with van der Waals surface area (Å²) in [7, 11) is 0. The van der Waals surface area contributed by atoms with Crippen molar-refractivity contribution in [1.82, 2.24) is 4.98 Å². The molecule has 0 radical (unpaired) electrons. The molecule has 0 aliphatic heterocycles. The molecule has 5 nitrogen and oxygen atoms in total. The zero-order valence-electron chi connectivity index (χ0n) is 12.3. The van der Waals surface area contributed by atoms with Crippen molar-refractivity contribution in [3.63, 3.8) is 0 Å². The molecule has 4 saturated carbocycles. The lowest BCUT2D eigenvalue weighted by Crippen LogP contribution is -2.63. The van der Waals surface area contributed by atoms with E-state index in [1.54, 1.807) is 12.4 Å². The van der Waals surface area contributed by atoms with Crippen LogP contribution < -0.4 is 0 Å². The molecular formula is C16H19ClN4O. The maximum Gasteiger partial charge on any atom is 0.0705 e. The molecule has 4 fully saturated rings. The molecule has 1 N–H and O–H groups in total. The van der Waals surface area contributed by atoms with Gasteiger partial charge in [0.2, 0.25) is 0 Å². The van der Waals surface area contributed by atoms with Crippen LogP contribution in [0.15, 0.2) is 29.6 Å². The third-order valence-corrected chi connectivity index (χ3v) is 6.30. The fraction of sp³-hybridized carbons (Fsp3) is 0.688. The quantitative estimate of drug-likeness (QED) is 0.396. The van der Waals surface area contributed by atoms with Gasteiger partial charge in [0.05, 0.1) is 11.6 Å². The largest absolute Gasteiger partial charge is 0.389 e. The summed E-state index contributed by atoms with van der Waals surface area (Å²) in [5, 5.41) is 15.3. The predicted molar refractivity (Wildman–Crippen MR) is 83.2 cm³/mol. The van der Waals surface area contributed by atoms with E-state index in [0.717, 1.165) is 31.2 Å². The molecule has 4 aliphatic rings. The molecule has 4 bridgehead atoms. The highest BCUT2D eigenvalue weighted by molar-refractivity contribution is 6.24. The fourth-order valence-electron chi connectivity index (χ4n) is 5.56. The molecular weight excluding hydrogens is 300 g/mol. The van der Waals surface area contributed by atoms with E-state index in [0.29, 0.717) is 18.3 Å². The third kappa shape index (κ3) is 2.11. The Balaban J connectivity index is 1.76. The normalized spacial score (nSPS) is 43.6. The van der Waals surface area contributed by atoms with E-state index < -0.39 is 5.60 Å². The van der Waals surface area contributed by atoms with Crippen molar-refractivity contribution >= 4 is 11.6 Å². The Morgan fingerprint density at radius 1 is 1.45 bits per heavy atom. The number of pyridine rings is 1. The van der Waals surface area contributed by atoms with Crippen LogP contribution in [0.5, 0.6) is 0 Å². The molecule has 0 aromatic carbocycles. The van der Waals surface area contributed by atoms with Gasteiger partial charge in [-0.15, -0.1) is 11.6 Å². The van der Waals surface area contributed by atoms with Crippen molar-refractivity contribution in [3.05, 3.63) is 40.5 Å². The van der Waals surface area contributed by atoms with E-state index in [-0.39, 0.29) is 16.8 Å². The first-order valence-corrected chi connectivity index (χ1v) is 8.26. The molecule has 6 atom stereocenters. The predicted octanol–water partition coefficient (Wildman–Crippen LogP) is 3.98. The number of aromatic nitrogens is 1. The minimum absolute atomic E-state index is 0.0592. The Labute approximate surface area is 134 Å². The summed E-state index contributed by atoms with van der Waals surface area (Å²) in [4.78, 5) is 6.94. The minimum Gasteiger partial charge on any atom is -0.389 e. The monoisotopic (exact) mass is 318 g/mol. The standard InChI is InChI=1S/C16H19ClN4O/c17-15-5-10-4-12(7-15)13(16(22,6-10)9-15)14(20-21-18)11-2-1-3-19-8-11/h1-3,8,10,12-14,22H,4-7,9H2/t10?,12?,13?,14?,15?,16-/m0/s1. The van der Waals surface area contributed by atoms with Gasteiger partial charge in [-0.1, -0.05) is 11.2 Å². The van der Waals surface area contributed by atoms with Gasteiger partial charge >= 0.3 is 0 Å². The highest BCUT2D eigenvalue weighted by atomic mass is 35.5. The van der Waals surface area contributed by atoms with Crippen LogP contribution in [0.1, 0.15) is 43.7 Å². The summed E-state index contributed by atoms with van der Waals surface area (Å²) in [5.41, 5.74) is 9.08. The maximum atomic E-state index is 11.3. The van der Waals surface area contributed by atoms with Crippen LogP contribution in [0, 0.1) is 17.8 Å². The number of halogens is 1. The Morgan fingerprint density at radius 3 is 2.95 bits per heavy atom. The number of alkyl halides is 1. The Bertz CT molecular complexity index is 634. The molecule has 5 unspecified atom stereocenters. The molecule has 6 heteroatoms. The van der Waals surface area contributed by atoms with Crippen LogP contribution in [-0.2, 0) is 0 Å². The zero-order chi connectivity index (χ0) is 15.4. The van der Waals surface area contributed by atoms with Gasteiger partial charge in [0, 0.05) is 28.1 Å². The minimum atomic E-state index is -0.819. The van der Waals surface area contributed by atoms with Crippen LogP contribution >= 0.6 is 11.6 Å². The molecule has 1 heterocycles. The van der Waals surface area contributed by atoms with Gasteiger partial charge in [0.15, 0.2) is 0 Å². The van der Waals surface area contributed by atoms with Crippen molar-refractivity contribution in [1.29, 1.82) is 0 Å². The summed E-state index contributed by atoms with van der Waals surface area (Å²) < 4.78 is 0. The number of hydrogen-bond donors (Lipinski definition) is 1. The summed E-state index contributed by atoms with van der Waals surface area (Å²) in [6.07, 6.45) is 7.84. The smallest absolute Gasteiger partial charge is 0.0705 e. The van der Waals surface area contributed by atoms with Crippen LogP contribution in [0.25, 0.3) is 10.4 Å². The molecule has 4 aliphatic carbocycles. The van der Waals surface area contributed by atoms with E-state index >= 15 is 0 Å². The highest BCUT2D eigenvalue weighted by Crippen LogP contribution is 2.65. The zero-order valence-corrected chi connectivity index (χ0v) is 13.0. The van der Waals surface area contributed by atoms with E-state index in [1.807, 2.05) is 12.1 Å². The molecule has 0 saturated heterocycles. The molecule has 1 aromatic heterocycles. The average Bonchev–Trinajstić information content (AvgIpc) is 2.44. The van der Waals surface area contributed by atoms with E-state index in [2.05, 4.69) is 15.0 Å². The van der Waals surface area contributed by atoms with Crippen LogP contribution in [0.2, 0.25) is 0 Å². The van der Waals surface area contributed by atoms with Crippen LogP contribution in [0.3, 0.4) is 0 Å². The summed E-state index contributed by atoms with van der Waals surface area (Å²) in [5.74, 6) is 0.766. The summed E-state index contributed by atoms with van der Waals surface area (Å²) >= 11 is 6.74. The SMILES string of the molecule is [N-]=[N+]=NC(c1cccnc1)C1C2CC3CC(Cl)(C2)C[C@@]1(O)C3. The lowest BCUT2D eigenvalue weighted by molar-refractivity contribution is -0.170. The maximum absolute atomic E-state index is 11.3. The van der Waals surface area contributed by atoms with E-state index in [4.69, 9.17) is 17.1 Å². The Kier molecular flexibility index (Phi) is 3.16. The summed E-state index contributed by atoms with van der Waals surface area (Å²) in [6.45, 7) is 0. The molecule has 1 aromatic rings.